The summed E-state index contributed by atoms with van der Waals surface area (Å²) in [6.45, 7) is 4.75. The van der Waals surface area contributed by atoms with Crippen LogP contribution in [0.1, 0.15) is 27.9 Å². The Bertz CT molecular complexity index is 1110. The third-order valence-corrected chi connectivity index (χ3v) is 6.97. The predicted octanol–water partition coefficient (Wildman–Crippen LogP) is 4.27. The Morgan fingerprint density at radius 1 is 1.14 bits per heavy atom. The summed E-state index contributed by atoms with van der Waals surface area (Å²) in [5.74, 6) is -0.489. The van der Waals surface area contributed by atoms with Gasteiger partial charge in [0.1, 0.15) is 0 Å². The largest absolute Gasteiger partial charge is 0.416 e. The molecule has 0 aliphatic carbocycles. The molecule has 1 N–H and O–H groups in total. The summed E-state index contributed by atoms with van der Waals surface area (Å²) < 4.78 is 43.7. The lowest BCUT2D eigenvalue weighted by Crippen LogP contribution is -2.38. The molecule has 0 bridgehead atoms. The van der Waals surface area contributed by atoms with Gasteiger partial charge in [0.05, 0.1) is 29.4 Å². The van der Waals surface area contributed by atoms with Crippen LogP contribution in [0.4, 0.5) is 18.9 Å². The van der Waals surface area contributed by atoms with Gasteiger partial charge in [0.2, 0.25) is 0 Å². The number of likely N-dealkylation sites (N-methyl/N-ethyl adjacent to an activating group) is 1. The lowest BCUT2D eigenvalue weighted by molar-refractivity contribution is -0.137. The first-order valence-corrected chi connectivity index (χ1v) is 12.1. The lowest BCUT2D eigenvalue weighted by atomic mass is 10.1. The zero-order valence-electron chi connectivity index (χ0n) is 19.2. The predicted molar refractivity (Wildman–Crippen MR) is 129 cm³/mol. The van der Waals surface area contributed by atoms with Crippen LogP contribution < -0.4 is 10.2 Å². The number of rotatable bonds is 6. The van der Waals surface area contributed by atoms with Crippen LogP contribution >= 0.6 is 11.8 Å². The first-order valence-electron chi connectivity index (χ1n) is 11.3. The van der Waals surface area contributed by atoms with Crippen LogP contribution in [0.2, 0.25) is 0 Å². The molecule has 186 valence electrons. The van der Waals surface area contributed by atoms with Crippen molar-refractivity contribution in [2.45, 2.75) is 17.5 Å². The molecule has 0 aromatic heterocycles. The zero-order chi connectivity index (χ0) is 25.0. The van der Waals surface area contributed by atoms with E-state index >= 15 is 0 Å². The topological polar surface area (TPSA) is 61.9 Å². The van der Waals surface area contributed by atoms with E-state index < -0.39 is 11.7 Å². The molecule has 2 aromatic carbocycles. The van der Waals surface area contributed by atoms with Crippen molar-refractivity contribution < 1.29 is 27.5 Å². The molecule has 10 heteroatoms. The summed E-state index contributed by atoms with van der Waals surface area (Å²) in [4.78, 5) is 30.5. The van der Waals surface area contributed by atoms with E-state index in [-0.39, 0.29) is 11.8 Å². The molecular weight excluding hydrogens is 479 g/mol. The molecule has 0 radical (unpaired) electrons. The maximum atomic E-state index is 12.9. The van der Waals surface area contributed by atoms with Gasteiger partial charge in [-0.1, -0.05) is 23.9 Å². The van der Waals surface area contributed by atoms with E-state index in [0.717, 1.165) is 56.3 Å². The number of hydrogen-bond acceptors (Lipinski definition) is 5. The molecule has 2 amide bonds. The van der Waals surface area contributed by atoms with Crippen LogP contribution in [0.3, 0.4) is 0 Å². The summed E-state index contributed by atoms with van der Waals surface area (Å²) in [5, 5.41) is 2.93. The minimum Gasteiger partial charge on any atom is -0.379 e. The van der Waals surface area contributed by atoms with Gasteiger partial charge in [0.15, 0.2) is 0 Å². The van der Waals surface area contributed by atoms with E-state index in [4.69, 9.17) is 4.74 Å². The fourth-order valence-corrected chi connectivity index (χ4v) is 4.98. The molecule has 35 heavy (non-hydrogen) atoms. The van der Waals surface area contributed by atoms with Gasteiger partial charge in [-0.25, -0.2) is 0 Å². The lowest BCUT2D eigenvalue weighted by Gasteiger charge is -2.27. The van der Waals surface area contributed by atoms with Crippen molar-refractivity contribution in [2.24, 2.45) is 0 Å². The molecule has 0 saturated carbocycles. The zero-order valence-corrected chi connectivity index (χ0v) is 20.0. The number of carbonyl (C=O) groups excluding carboxylic acids is 2. The van der Waals surface area contributed by atoms with E-state index in [1.54, 1.807) is 31.3 Å². The highest BCUT2D eigenvalue weighted by atomic mass is 32.2. The number of nitrogens with one attached hydrogen (secondary N) is 1. The van der Waals surface area contributed by atoms with E-state index in [0.29, 0.717) is 28.3 Å². The van der Waals surface area contributed by atoms with Crippen molar-refractivity contribution in [3.8, 4) is 0 Å². The summed E-state index contributed by atoms with van der Waals surface area (Å²) in [6.07, 6.45) is -2.00. The molecule has 0 atom stereocenters. The van der Waals surface area contributed by atoms with Crippen molar-refractivity contribution >= 4 is 35.3 Å². The fourth-order valence-electron chi connectivity index (χ4n) is 3.89. The number of nitrogens with zero attached hydrogens (tertiary/aromatic N) is 2. The van der Waals surface area contributed by atoms with Gasteiger partial charge in [0.25, 0.3) is 11.8 Å². The molecule has 0 spiro atoms. The van der Waals surface area contributed by atoms with Crippen molar-refractivity contribution in [2.75, 3.05) is 51.3 Å². The minimum atomic E-state index is -4.41. The molecule has 2 aromatic rings. The van der Waals surface area contributed by atoms with Crippen LogP contribution in [0.25, 0.3) is 6.08 Å². The van der Waals surface area contributed by atoms with Crippen LogP contribution in [-0.4, -0.2) is 63.2 Å². The first-order chi connectivity index (χ1) is 16.7. The molecule has 2 aliphatic rings. The molecule has 0 unspecified atom stereocenters. The summed E-state index contributed by atoms with van der Waals surface area (Å²) in [5.41, 5.74) is 0.839. The molecule has 4 rings (SSSR count). The van der Waals surface area contributed by atoms with Crippen molar-refractivity contribution in [1.82, 2.24) is 10.2 Å². The maximum absolute atomic E-state index is 12.9. The van der Waals surface area contributed by atoms with Gasteiger partial charge in [-0.2, -0.15) is 13.2 Å². The molecule has 2 aliphatic heterocycles. The summed E-state index contributed by atoms with van der Waals surface area (Å²) in [6, 6.07) is 9.85. The highest BCUT2D eigenvalue weighted by Crippen LogP contribution is 2.42. The third-order valence-electron chi connectivity index (χ3n) is 5.89. The number of carbonyl (C=O) groups is 2. The second-order valence-electron chi connectivity index (χ2n) is 8.34. The van der Waals surface area contributed by atoms with Gasteiger partial charge < -0.3 is 15.0 Å². The normalized spacial score (nSPS) is 18.0. The highest BCUT2D eigenvalue weighted by molar-refractivity contribution is 8.04. The van der Waals surface area contributed by atoms with Crippen molar-refractivity contribution in [1.29, 1.82) is 0 Å². The Morgan fingerprint density at radius 2 is 1.86 bits per heavy atom. The number of benzene rings is 2. The minimum absolute atomic E-state index is 0.202. The number of anilines is 1. The smallest absolute Gasteiger partial charge is 0.379 e. The van der Waals surface area contributed by atoms with Crippen LogP contribution in [0, 0.1) is 0 Å². The monoisotopic (exact) mass is 505 g/mol. The molecular formula is C25H26F3N3O3S. The van der Waals surface area contributed by atoms with Crippen LogP contribution in [0.15, 0.2) is 52.3 Å². The van der Waals surface area contributed by atoms with E-state index in [9.17, 15) is 22.8 Å². The first kappa shape index (κ1) is 25.3. The number of halogens is 3. The summed E-state index contributed by atoms with van der Waals surface area (Å²) in [7, 11) is 1.62. The second-order valence-corrected chi connectivity index (χ2v) is 9.42. The second kappa shape index (κ2) is 10.8. The Hall–Kier alpha value is -2.82. The van der Waals surface area contributed by atoms with Gasteiger partial charge in [-0.05, 0) is 54.9 Å². The van der Waals surface area contributed by atoms with Gasteiger partial charge in [-0.3, -0.25) is 14.5 Å². The number of thioether (sulfide) groups is 1. The van der Waals surface area contributed by atoms with Crippen molar-refractivity contribution in [3.05, 3.63) is 64.1 Å². The van der Waals surface area contributed by atoms with Gasteiger partial charge >= 0.3 is 6.18 Å². The quantitative estimate of drug-likeness (QED) is 0.470. The molecule has 1 fully saturated rings. The number of fused-ring (bicyclic) bond motifs is 1. The SMILES string of the molecule is CN1C(=O)C(=Cc2ccc(C(F)(F)F)cc2)Sc2ccc(C(=O)NCCCN3CCOCC3)cc21. The molecule has 1 saturated heterocycles. The van der Waals surface area contributed by atoms with E-state index in [1.165, 1.54) is 28.8 Å². The van der Waals surface area contributed by atoms with Crippen molar-refractivity contribution in [3.63, 3.8) is 0 Å². The van der Waals surface area contributed by atoms with Crippen LogP contribution in [0.5, 0.6) is 0 Å². The number of morpholine rings is 1. The number of hydrogen-bond donors (Lipinski definition) is 1. The Balaban J connectivity index is 1.40. The van der Waals surface area contributed by atoms with Crippen LogP contribution in [-0.2, 0) is 15.7 Å². The Kier molecular flexibility index (Phi) is 7.83. The van der Waals surface area contributed by atoms with E-state index in [2.05, 4.69) is 10.2 Å². The number of alkyl halides is 3. The van der Waals surface area contributed by atoms with E-state index in [1.807, 2.05) is 0 Å². The average molecular weight is 506 g/mol. The maximum Gasteiger partial charge on any atom is 0.416 e. The molecule has 2 heterocycles. The third kappa shape index (κ3) is 6.25. The van der Waals surface area contributed by atoms with Gasteiger partial charge in [0, 0.05) is 37.1 Å². The standard InChI is InChI=1S/C25H26F3N3O3S/c1-30-20-16-18(23(32)29-9-2-10-31-11-13-34-14-12-31)5-8-21(20)35-22(24(30)33)15-17-3-6-19(7-4-17)25(26,27)28/h3-8,15-16H,2,9-14H2,1H3,(H,29,32). The average Bonchev–Trinajstić information content (AvgIpc) is 2.85. The molecule has 6 nitrogen and oxygen atoms in total. The van der Waals surface area contributed by atoms with Gasteiger partial charge in [-0.15, -0.1) is 0 Å². The Morgan fingerprint density at radius 3 is 2.54 bits per heavy atom. The highest BCUT2D eigenvalue weighted by Gasteiger charge is 2.30. The Labute approximate surface area is 206 Å². The number of ether oxygens (including phenoxy) is 1. The fraction of sp³-hybridized carbons (Fsp3) is 0.360. The number of amides is 2. The summed E-state index contributed by atoms with van der Waals surface area (Å²) >= 11 is 1.23.